The van der Waals surface area contributed by atoms with Crippen molar-refractivity contribution in [3.05, 3.63) is 29.6 Å². The number of hydrogen-bond acceptors (Lipinski definition) is 3. The average molecular weight is 308 g/mol. The maximum Gasteiger partial charge on any atom is 0.243 e. The standard InChI is InChI=1S/C12H15F3N2O2S/c13-9-4-5-10(12(15)11(9)14)20(18,19)17-8-3-1-2-6-16-7-8/h4-5,8,16-17H,1-3,6-7H2. The summed E-state index contributed by atoms with van der Waals surface area (Å²) in [5.74, 6) is -4.90. The third kappa shape index (κ3) is 3.31. The van der Waals surface area contributed by atoms with Crippen LogP contribution in [0.2, 0.25) is 0 Å². The predicted octanol–water partition coefficient (Wildman–Crippen LogP) is 1.52. The summed E-state index contributed by atoms with van der Waals surface area (Å²) >= 11 is 0. The van der Waals surface area contributed by atoms with E-state index in [1.807, 2.05) is 0 Å². The van der Waals surface area contributed by atoms with Crippen LogP contribution in [-0.4, -0.2) is 27.5 Å². The molecule has 1 fully saturated rings. The normalized spacial score (nSPS) is 20.6. The van der Waals surface area contributed by atoms with Gasteiger partial charge in [0.25, 0.3) is 0 Å². The Bertz CT molecular complexity index is 585. The van der Waals surface area contributed by atoms with Crippen molar-refractivity contribution in [1.82, 2.24) is 10.0 Å². The van der Waals surface area contributed by atoms with Gasteiger partial charge in [0.2, 0.25) is 10.0 Å². The lowest BCUT2D eigenvalue weighted by Gasteiger charge is -2.17. The lowest BCUT2D eigenvalue weighted by molar-refractivity contribution is 0.430. The molecule has 0 bridgehead atoms. The minimum absolute atomic E-state index is 0.394. The highest BCUT2D eigenvalue weighted by atomic mass is 32.2. The van der Waals surface area contributed by atoms with Crippen LogP contribution in [0.3, 0.4) is 0 Å². The fourth-order valence-corrected chi connectivity index (χ4v) is 3.46. The quantitative estimate of drug-likeness (QED) is 0.833. The van der Waals surface area contributed by atoms with Crippen molar-refractivity contribution < 1.29 is 21.6 Å². The lowest BCUT2D eigenvalue weighted by atomic mass is 10.2. The molecule has 20 heavy (non-hydrogen) atoms. The highest BCUT2D eigenvalue weighted by molar-refractivity contribution is 7.89. The van der Waals surface area contributed by atoms with E-state index in [4.69, 9.17) is 0 Å². The molecule has 0 aromatic heterocycles. The number of hydrogen-bond donors (Lipinski definition) is 2. The smallest absolute Gasteiger partial charge is 0.243 e. The number of halogens is 3. The molecule has 0 saturated carbocycles. The Morgan fingerprint density at radius 3 is 2.65 bits per heavy atom. The fourth-order valence-electron chi connectivity index (χ4n) is 2.12. The summed E-state index contributed by atoms with van der Waals surface area (Å²) in [6.07, 6.45) is 2.37. The fraction of sp³-hybridized carbons (Fsp3) is 0.500. The third-order valence-electron chi connectivity index (χ3n) is 3.16. The summed E-state index contributed by atoms with van der Waals surface area (Å²) in [4.78, 5) is -0.874. The second kappa shape index (κ2) is 6.11. The minimum Gasteiger partial charge on any atom is -0.315 e. The minimum atomic E-state index is -4.22. The zero-order valence-electron chi connectivity index (χ0n) is 10.6. The van der Waals surface area contributed by atoms with Crippen LogP contribution in [-0.2, 0) is 10.0 Å². The molecule has 0 amide bonds. The van der Waals surface area contributed by atoms with E-state index >= 15 is 0 Å². The van der Waals surface area contributed by atoms with Crippen molar-refractivity contribution in [2.75, 3.05) is 13.1 Å². The zero-order chi connectivity index (χ0) is 14.8. The van der Waals surface area contributed by atoms with Gasteiger partial charge in [0.1, 0.15) is 4.90 Å². The molecule has 1 aliphatic rings. The summed E-state index contributed by atoms with van der Waals surface area (Å²) in [5, 5.41) is 3.05. The highest BCUT2D eigenvalue weighted by Crippen LogP contribution is 2.20. The van der Waals surface area contributed by atoms with Gasteiger partial charge in [0.05, 0.1) is 0 Å². The van der Waals surface area contributed by atoms with Gasteiger partial charge >= 0.3 is 0 Å². The van der Waals surface area contributed by atoms with E-state index in [9.17, 15) is 21.6 Å². The summed E-state index contributed by atoms with van der Waals surface area (Å²) in [6.45, 7) is 1.21. The molecule has 1 unspecified atom stereocenters. The van der Waals surface area contributed by atoms with Crippen molar-refractivity contribution in [3.8, 4) is 0 Å². The molecule has 112 valence electrons. The third-order valence-corrected chi connectivity index (χ3v) is 4.70. The first kappa shape index (κ1) is 15.3. The molecule has 0 aliphatic carbocycles. The molecular formula is C12H15F3N2O2S. The average Bonchev–Trinajstić information content (AvgIpc) is 2.63. The molecule has 0 radical (unpaired) electrons. The topological polar surface area (TPSA) is 58.2 Å². The van der Waals surface area contributed by atoms with Crippen LogP contribution < -0.4 is 10.0 Å². The van der Waals surface area contributed by atoms with Crippen molar-refractivity contribution in [2.24, 2.45) is 0 Å². The van der Waals surface area contributed by atoms with E-state index in [1.54, 1.807) is 0 Å². The van der Waals surface area contributed by atoms with Crippen LogP contribution in [0.5, 0.6) is 0 Å². The van der Waals surface area contributed by atoms with Gasteiger partial charge in [-0.05, 0) is 31.5 Å². The highest BCUT2D eigenvalue weighted by Gasteiger charge is 2.26. The molecule has 2 N–H and O–H groups in total. The number of benzene rings is 1. The molecule has 1 aromatic carbocycles. The van der Waals surface area contributed by atoms with Crippen LogP contribution in [0.1, 0.15) is 19.3 Å². The SMILES string of the molecule is O=S(=O)(NC1CCCCNC1)c1ccc(F)c(F)c1F. The van der Waals surface area contributed by atoms with Gasteiger partial charge in [-0.1, -0.05) is 6.42 Å². The van der Waals surface area contributed by atoms with Gasteiger partial charge in [-0.25, -0.2) is 26.3 Å². The maximum atomic E-state index is 13.5. The summed E-state index contributed by atoms with van der Waals surface area (Å²) < 4.78 is 65.9. The molecule has 1 saturated heterocycles. The number of rotatable bonds is 3. The van der Waals surface area contributed by atoms with E-state index in [2.05, 4.69) is 10.0 Å². The molecule has 0 spiro atoms. The van der Waals surface area contributed by atoms with E-state index in [0.717, 1.165) is 25.5 Å². The van der Waals surface area contributed by atoms with Gasteiger partial charge < -0.3 is 5.32 Å². The van der Waals surface area contributed by atoms with Crippen molar-refractivity contribution >= 4 is 10.0 Å². The first-order chi connectivity index (χ1) is 9.42. The van der Waals surface area contributed by atoms with Crippen LogP contribution >= 0.6 is 0 Å². The van der Waals surface area contributed by atoms with E-state index in [1.165, 1.54) is 0 Å². The van der Waals surface area contributed by atoms with Crippen LogP contribution in [0.25, 0.3) is 0 Å². The summed E-state index contributed by atoms with van der Waals surface area (Å²) in [6, 6.07) is 0.924. The van der Waals surface area contributed by atoms with Gasteiger partial charge in [-0.15, -0.1) is 0 Å². The number of nitrogens with one attached hydrogen (secondary N) is 2. The Balaban J connectivity index is 2.24. The lowest BCUT2D eigenvalue weighted by Crippen LogP contribution is -2.41. The van der Waals surface area contributed by atoms with E-state index in [-0.39, 0.29) is 0 Å². The van der Waals surface area contributed by atoms with Crippen molar-refractivity contribution in [3.63, 3.8) is 0 Å². The molecule has 1 heterocycles. The Morgan fingerprint density at radius 2 is 1.90 bits per heavy atom. The molecule has 2 rings (SSSR count). The van der Waals surface area contributed by atoms with Gasteiger partial charge in [0.15, 0.2) is 17.5 Å². The van der Waals surface area contributed by atoms with Crippen molar-refractivity contribution in [1.29, 1.82) is 0 Å². The summed E-state index contributed by atoms with van der Waals surface area (Å²) in [5.41, 5.74) is 0. The van der Waals surface area contributed by atoms with E-state index in [0.29, 0.717) is 19.0 Å². The molecule has 1 aliphatic heterocycles. The first-order valence-electron chi connectivity index (χ1n) is 6.28. The monoisotopic (exact) mass is 308 g/mol. The maximum absolute atomic E-state index is 13.5. The van der Waals surface area contributed by atoms with Crippen LogP contribution in [0.4, 0.5) is 13.2 Å². The van der Waals surface area contributed by atoms with Crippen LogP contribution in [0, 0.1) is 17.5 Å². The van der Waals surface area contributed by atoms with E-state index < -0.39 is 38.4 Å². The molecule has 4 nitrogen and oxygen atoms in total. The first-order valence-corrected chi connectivity index (χ1v) is 7.76. The molecule has 8 heteroatoms. The molecule has 1 aromatic rings. The second-order valence-corrected chi connectivity index (χ2v) is 6.37. The van der Waals surface area contributed by atoms with Crippen molar-refractivity contribution in [2.45, 2.75) is 30.2 Å². The van der Waals surface area contributed by atoms with Gasteiger partial charge in [0, 0.05) is 12.6 Å². The molecule has 1 atom stereocenters. The predicted molar refractivity (Wildman–Crippen MR) is 67.1 cm³/mol. The number of sulfonamides is 1. The van der Waals surface area contributed by atoms with Crippen LogP contribution in [0.15, 0.2) is 17.0 Å². The molecular weight excluding hydrogens is 293 g/mol. The van der Waals surface area contributed by atoms with Gasteiger partial charge in [-0.2, -0.15) is 0 Å². The summed E-state index contributed by atoms with van der Waals surface area (Å²) in [7, 11) is -4.22. The Kier molecular flexibility index (Phi) is 4.66. The van der Waals surface area contributed by atoms with Gasteiger partial charge in [-0.3, -0.25) is 0 Å². The largest absolute Gasteiger partial charge is 0.315 e. The zero-order valence-corrected chi connectivity index (χ0v) is 11.4. The Morgan fingerprint density at radius 1 is 1.15 bits per heavy atom. The second-order valence-electron chi connectivity index (χ2n) is 4.69. The Labute approximate surface area is 115 Å². The Hall–Kier alpha value is -1.12.